The van der Waals surface area contributed by atoms with Gasteiger partial charge in [-0.2, -0.15) is 0 Å². The van der Waals surface area contributed by atoms with E-state index in [9.17, 15) is 0 Å². The van der Waals surface area contributed by atoms with Gasteiger partial charge in [0.15, 0.2) is 0 Å². The highest BCUT2D eigenvalue weighted by Crippen LogP contribution is 2.22. The summed E-state index contributed by atoms with van der Waals surface area (Å²) in [7, 11) is 0. The Labute approximate surface area is 127 Å². The van der Waals surface area contributed by atoms with Gasteiger partial charge < -0.3 is 0 Å². The van der Waals surface area contributed by atoms with Crippen molar-refractivity contribution < 1.29 is 0 Å². The summed E-state index contributed by atoms with van der Waals surface area (Å²) < 4.78 is 0. The zero-order chi connectivity index (χ0) is 14.5. The molecule has 3 rings (SSSR count). The van der Waals surface area contributed by atoms with Gasteiger partial charge in [-0.15, -0.1) is 0 Å². The van der Waals surface area contributed by atoms with Crippen LogP contribution in [-0.4, -0.2) is 24.5 Å². The average Bonchev–Trinajstić information content (AvgIpc) is 3.01. The number of hydrogen-bond donors (Lipinski definition) is 0. The van der Waals surface area contributed by atoms with Crippen molar-refractivity contribution in [2.75, 3.05) is 19.6 Å². The van der Waals surface area contributed by atoms with Crippen molar-refractivity contribution in [1.29, 1.82) is 0 Å². The highest BCUT2D eigenvalue weighted by molar-refractivity contribution is 5.82. The fraction of sp³-hybridized carbons (Fsp3) is 0.300. The maximum Gasteiger partial charge on any atom is 0.0239 e. The molecule has 0 N–H and O–H groups in total. The van der Waals surface area contributed by atoms with E-state index in [0.717, 1.165) is 6.54 Å². The lowest BCUT2D eigenvalue weighted by molar-refractivity contribution is 0.383. The molecule has 1 fully saturated rings. The molecule has 108 valence electrons. The van der Waals surface area contributed by atoms with Crippen LogP contribution >= 0.6 is 0 Å². The lowest BCUT2D eigenvalue weighted by Crippen LogP contribution is -2.21. The van der Waals surface area contributed by atoms with E-state index in [2.05, 4.69) is 72.5 Å². The first-order valence-corrected chi connectivity index (χ1v) is 7.86. The van der Waals surface area contributed by atoms with Crippen molar-refractivity contribution >= 4 is 11.6 Å². The molecule has 1 nitrogen and oxygen atoms in total. The van der Waals surface area contributed by atoms with Crippen LogP contribution in [0.25, 0.3) is 11.6 Å². The second-order valence-electron chi connectivity index (χ2n) is 5.93. The minimum absolute atomic E-state index is 1.05. The van der Waals surface area contributed by atoms with Gasteiger partial charge in [-0.25, -0.2) is 0 Å². The Kier molecular flexibility index (Phi) is 4.52. The van der Waals surface area contributed by atoms with Gasteiger partial charge >= 0.3 is 0 Å². The Morgan fingerprint density at radius 3 is 2.29 bits per heavy atom. The van der Waals surface area contributed by atoms with Crippen molar-refractivity contribution in [2.24, 2.45) is 0 Å². The van der Waals surface area contributed by atoms with Crippen LogP contribution in [0.5, 0.6) is 0 Å². The van der Waals surface area contributed by atoms with Crippen LogP contribution in [0.3, 0.4) is 0 Å². The number of benzene rings is 2. The topological polar surface area (TPSA) is 3.24 Å². The third-order valence-electron chi connectivity index (χ3n) is 4.16. The fourth-order valence-corrected chi connectivity index (χ4v) is 2.92. The molecule has 1 aliphatic heterocycles. The molecular weight excluding hydrogens is 254 g/mol. The Morgan fingerprint density at radius 2 is 1.62 bits per heavy atom. The molecule has 0 bridgehead atoms. The monoisotopic (exact) mass is 277 g/mol. The van der Waals surface area contributed by atoms with Crippen molar-refractivity contribution in [3.63, 3.8) is 0 Å². The molecule has 1 aliphatic rings. The molecule has 2 aromatic carbocycles. The summed E-state index contributed by atoms with van der Waals surface area (Å²) >= 11 is 0. The maximum atomic E-state index is 2.56. The number of hydrogen-bond acceptors (Lipinski definition) is 1. The Morgan fingerprint density at radius 1 is 0.952 bits per heavy atom. The van der Waals surface area contributed by atoms with Gasteiger partial charge in [-0.1, -0.05) is 60.2 Å². The van der Waals surface area contributed by atoms with E-state index in [1.54, 1.807) is 0 Å². The van der Waals surface area contributed by atoms with Crippen molar-refractivity contribution in [1.82, 2.24) is 4.90 Å². The van der Waals surface area contributed by atoms with Crippen LogP contribution in [0, 0.1) is 6.92 Å². The first kappa shape index (κ1) is 14.1. The zero-order valence-corrected chi connectivity index (χ0v) is 12.8. The highest BCUT2D eigenvalue weighted by Gasteiger charge is 2.14. The summed E-state index contributed by atoms with van der Waals surface area (Å²) in [5.41, 5.74) is 5.37. The second kappa shape index (κ2) is 6.73. The molecule has 1 heteroatoms. The van der Waals surface area contributed by atoms with E-state index in [1.807, 2.05) is 0 Å². The minimum atomic E-state index is 1.05. The number of likely N-dealkylation sites (tertiary alicyclic amines) is 1. The summed E-state index contributed by atoms with van der Waals surface area (Å²) in [6.45, 7) is 5.67. The Balaban J connectivity index is 1.90. The van der Waals surface area contributed by atoms with E-state index < -0.39 is 0 Å². The van der Waals surface area contributed by atoms with Gasteiger partial charge in [0.1, 0.15) is 0 Å². The first-order valence-electron chi connectivity index (χ1n) is 7.86. The van der Waals surface area contributed by atoms with Crippen LogP contribution in [0.2, 0.25) is 0 Å². The summed E-state index contributed by atoms with van der Waals surface area (Å²) in [5.74, 6) is 0. The summed E-state index contributed by atoms with van der Waals surface area (Å²) in [5, 5.41) is 0. The van der Waals surface area contributed by atoms with E-state index in [4.69, 9.17) is 0 Å². The molecular formula is C20H23N. The number of rotatable bonds is 4. The number of aryl methyl sites for hydroxylation is 1. The summed E-state index contributed by atoms with van der Waals surface area (Å²) in [6.07, 6.45) is 5.02. The van der Waals surface area contributed by atoms with Crippen LogP contribution in [0.1, 0.15) is 29.5 Å². The smallest absolute Gasteiger partial charge is 0.0239 e. The van der Waals surface area contributed by atoms with Crippen molar-refractivity contribution in [3.8, 4) is 0 Å². The van der Waals surface area contributed by atoms with E-state index in [1.165, 1.54) is 48.2 Å². The van der Waals surface area contributed by atoms with Gasteiger partial charge in [0.25, 0.3) is 0 Å². The van der Waals surface area contributed by atoms with Crippen LogP contribution < -0.4 is 0 Å². The van der Waals surface area contributed by atoms with E-state index >= 15 is 0 Å². The molecule has 0 radical (unpaired) electrons. The second-order valence-corrected chi connectivity index (χ2v) is 5.93. The zero-order valence-electron chi connectivity index (χ0n) is 12.8. The van der Waals surface area contributed by atoms with Gasteiger partial charge in [0.05, 0.1) is 0 Å². The Hall–Kier alpha value is -1.86. The van der Waals surface area contributed by atoms with Crippen LogP contribution in [0.15, 0.2) is 54.6 Å². The third-order valence-corrected chi connectivity index (χ3v) is 4.16. The minimum Gasteiger partial charge on any atom is -0.299 e. The summed E-state index contributed by atoms with van der Waals surface area (Å²) in [4.78, 5) is 2.56. The molecule has 0 atom stereocenters. The van der Waals surface area contributed by atoms with E-state index in [-0.39, 0.29) is 0 Å². The van der Waals surface area contributed by atoms with Gasteiger partial charge in [0.2, 0.25) is 0 Å². The van der Waals surface area contributed by atoms with Crippen molar-refractivity contribution in [2.45, 2.75) is 19.8 Å². The van der Waals surface area contributed by atoms with E-state index in [0.29, 0.717) is 0 Å². The lowest BCUT2D eigenvalue weighted by atomic mass is 10.0. The third kappa shape index (κ3) is 3.83. The van der Waals surface area contributed by atoms with Gasteiger partial charge in [-0.05, 0) is 55.6 Å². The SMILES string of the molecule is Cc1ccc(/C(=C\c2ccccc2)CN2CCCC2)cc1. The largest absolute Gasteiger partial charge is 0.299 e. The molecule has 2 aromatic rings. The molecule has 0 aliphatic carbocycles. The normalized spacial score (nSPS) is 16.3. The molecule has 0 amide bonds. The molecule has 0 aromatic heterocycles. The first-order chi connectivity index (χ1) is 10.3. The highest BCUT2D eigenvalue weighted by atomic mass is 15.1. The predicted molar refractivity (Wildman–Crippen MR) is 91.2 cm³/mol. The summed E-state index contributed by atoms with van der Waals surface area (Å²) in [6, 6.07) is 19.6. The van der Waals surface area contributed by atoms with Crippen LogP contribution in [0.4, 0.5) is 0 Å². The van der Waals surface area contributed by atoms with Crippen LogP contribution in [-0.2, 0) is 0 Å². The predicted octanol–water partition coefficient (Wildman–Crippen LogP) is 4.63. The molecule has 0 spiro atoms. The van der Waals surface area contributed by atoms with Gasteiger partial charge in [-0.3, -0.25) is 4.90 Å². The lowest BCUT2D eigenvalue weighted by Gasteiger charge is -2.18. The number of nitrogens with zero attached hydrogens (tertiary/aromatic N) is 1. The maximum absolute atomic E-state index is 2.56. The standard InChI is InChI=1S/C20H23N/c1-17-9-11-19(12-10-17)20(16-21-13-5-6-14-21)15-18-7-3-2-4-8-18/h2-4,7-12,15H,5-6,13-14,16H2,1H3/b20-15-. The molecule has 21 heavy (non-hydrogen) atoms. The Bertz CT molecular complexity index is 589. The quantitative estimate of drug-likeness (QED) is 0.736. The van der Waals surface area contributed by atoms with Crippen molar-refractivity contribution in [3.05, 3.63) is 71.3 Å². The molecule has 1 saturated heterocycles. The average molecular weight is 277 g/mol. The molecule has 1 heterocycles. The fourth-order valence-electron chi connectivity index (χ4n) is 2.92. The molecule has 0 saturated carbocycles. The van der Waals surface area contributed by atoms with Gasteiger partial charge in [0, 0.05) is 6.54 Å². The molecule has 0 unspecified atom stereocenters.